The van der Waals surface area contributed by atoms with E-state index in [0.29, 0.717) is 0 Å². The third kappa shape index (κ3) is 4.63. The van der Waals surface area contributed by atoms with Crippen LogP contribution < -0.4 is 0 Å². The van der Waals surface area contributed by atoms with Crippen LogP contribution in [0, 0.1) is 0 Å². The zero-order valence-electron chi connectivity index (χ0n) is 8.71. The van der Waals surface area contributed by atoms with Crippen LogP contribution in [0.4, 0.5) is 39.5 Å². The van der Waals surface area contributed by atoms with Crippen LogP contribution in [0.1, 0.15) is 6.42 Å². The summed E-state index contributed by atoms with van der Waals surface area (Å²) in [6.07, 6.45) is -18.7. The van der Waals surface area contributed by atoms with Crippen LogP contribution in [0.2, 0.25) is 0 Å². The molecule has 19 heavy (non-hydrogen) atoms. The van der Waals surface area contributed by atoms with Gasteiger partial charge in [0.2, 0.25) is 5.83 Å². The minimum Gasteiger partial charge on any atom is -0.391 e. The van der Waals surface area contributed by atoms with Gasteiger partial charge in [-0.2, -0.15) is 35.1 Å². The molecule has 0 N–H and O–H groups in total. The van der Waals surface area contributed by atoms with Crippen molar-refractivity contribution in [3.8, 4) is 0 Å². The second-order valence-electron chi connectivity index (χ2n) is 3.22. The largest absolute Gasteiger partial charge is 0.469 e. The van der Waals surface area contributed by atoms with Crippen LogP contribution in [0.5, 0.6) is 0 Å². The fourth-order valence-corrected chi connectivity index (χ4v) is 0.754. The quantitative estimate of drug-likeness (QED) is 0.441. The number of alkyl halides is 8. The predicted molar refractivity (Wildman–Crippen MR) is 41.8 cm³/mol. The lowest BCUT2D eigenvalue weighted by molar-refractivity contribution is -0.350. The average molecular weight is 304 g/mol. The summed E-state index contributed by atoms with van der Waals surface area (Å²) >= 11 is 0. The van der Waals surface area contributed by atoms with Crippen LogP contribution in [-0.4, -0.2) is 30.3 Å². The van der Waals surface area contributed by atoms with Gasteiger partial charge in [0, 0.05) is 0 Å². The minimum absolute atomic E-state index is 2.13. The third-order valence-corrected chi connectivity index (χ3v) is 1.63. The summed E-state index contributed by atoms with van der Waals surface area (Å²) in [6.45, 7) is 2.13. The Balaban J connectivity index is 5.05. The molecule has 112 valence electrons. The molecule has 0 rings (SSSR count). The maximum Gasteiger partial charge on any atom is 0.469 e. The van der Waals surface area contributed by atoms with Crippen molar-refractivity contribution in [3.63, 3.8) is 0 Å². The zero-order chi connectivity index (χ0) is 15.6. The van der Waals surface area contributed by atoms with E-state index in [0.717, 1.165) is 0 Å². The fraction of sp³-hybridized carbons (Fsp3) is 0.625. The molecule has 0 amide bonds. The fourth-order valence-electron chi connectivity index (χ4n) is 0.754. The van der Waals surface area contributed by atoms with Crippen molar-refractivity contribution in [1.29, 1.82) is 0 Å². The zero-order valence-corrected chi connectivity index (χ0v) is 8.71. The monoisotopic (exact) mass is 304 g/mol. The van der Waals surface area contributed by atoms with Crippen LogP contribution in [0.3, 0.4) is 0 Å². The Kier molecular flexibility index (Phi) is 4.90. The van der Waals surface area contributed by atoms with Crippen LogP contribution >= 0.6 is 0 Å². The van der Waals surface area contributed by atoms with Gasteiger partial charge < -0.3 is 4.74 Å². The number of carbonyl (C=O) groups excluding carboxylic acids is 1. The molecule has 0 aliphatic carbocycles. The summed E-state index contributed by atoms with van der Waals surface area (Å²) < 4.78 is 113. The van der Waals surface area contributed by atoms with Gasteiger partial charge in [-0.1, -0.05) is 6.58 Å². The average Bonchev–Trinajstić information content (AvgIpc) is 2.13. The maximum atomic E-state index is 12.7. The highest BCUT2D eigenvalue weighted by Gasteiger charge is 2.67. The molecule has 0 heterocycles. The number of ether oxygens (including phenoxy) is 1. The normalized spacial score (nSPS) is 15.0. The van der Waals surface area contributed by atoms with E-state index in [2.05, 4.69) is 11.3 Å². The van der Waals surface area contributed by atoms with E-state index >= 15 is 0 Å². The molecular weight excluding hydrogens is 299 g/mol. The topological polar surface area (TPSA) is 26.3 Å². The van der Waals surface area contributed by atoms with Crippen LogP contribution in [-0.2, 0) is 9.53 Å². The van der Waals surface area contributed by atoms with E-state index in [-0.39, 0.29) is 0 Å². The lowest BCUT2D eigenvalue weighted by Crippen LogP contribution is -2.51. The molecule has 11 heteroatoms. The second-order valence-corrected chi connectivity index (χ2v) is 3.22. The molecular formula is C8H5F9O2. The standard InChI is InChI=1S/C8H5F9O2/c1-3(9)5(18)19-8(16,17)7(14,15)4(10)2-6(11,12)13/h4H,1-2H2. The highest BCUT2D eigenvalue weighted by atomic mass is 19.4. The minimum atomic E-state index is -5.99. The van der Waals surface area contributed by atoms with Crippen molar-refractivity contribution in [2.45, 2.75) is 30.8 Å². The molecule has 0 bridgehead atoms. The van der Waals surface area contributed by atoms with Crippen LogP contribution in [0.25, 0.3) is 0 Å². The van der Waals surface area contributed by atoms with E-state index in [4.69, 9.17) is 0 Å². The molecule has 1 atom stereocenters. The first-order chi connectivity index (χ1) is 8.21. The molecule has 2 nitrogen and oxygen atoms in total. The molecule has 0 saturated carbocycles. The Labute approximate surface area is 99.4 Å². The highest BCUT2D eigenvalue weighted by Crippen LogP contribution is 2.43. The Morgan fingerprint density at radius 2 is 1.53 bits per heavy atom. The first-order valence-electron chi connectivity index (χ1n) is 4.25. The number of halogens is 9. The van der Waals surface area contributed by atoms with Gasteiger partial charge in [0.1, 0.15) is 0 Å². The van der Waals surface area contributed by atoms with Crippen molar-refractivity contribution in [2.24, 2.45) is 0 Å². The third-order valence-electron chi connectivity index (χ3n) is 1.63. The van der Waals surface area contributed by atoms with Gasteiger partial charge in [0.15, 0.2) is 6.17 Å². The number of rotatable bonds is 5. The van der Waals surface area contributed by atoms with Gasteiger partial charge in [0.25, 0.3) is 0 Å². The summed E-state index contributed by atoms with van der Waals surface area (Å²) in [6, 6.07) is 0. The van der Waals surface area contributed by atoms with E-state index < -0.39 is 42.6 Å². The van der Waals surface area contributed by atoms with Crippen molar-refractivity contribution in [2.75, 3.05) is 0 Å². The van der Waals surface area contributed by atoms with Crippen molar-refractivity contribution in [1.82, 2.24) is 0 Å². The van der Waals surface area contributed by atoms with E-state index in [1.165, 1.54) is 0 Å². The molecule has 0 aromatic rings. The van der Waals surface area contributed by atoms with Gasteiger partial charge in [-0.05, 0) is 0 Å². The summed E-state index contributed by atoms with van der Waals surface area (Å²) in [7, 11) is 0. The Bertz CT molecular complexity index is 360. The summed E-state index contributed by atoms with van der Waals surface area (Å²) in [5.74, 6) is -10.8. The van der Waals surface area contributed by atoms with Gasteiger partial charge in [-0.25, -0.2) is 9.18 Å². The Morgan fingerprint density at radius 1 is 1.11 bits per heavy atom. The summed E-state index contributed by atoms with van der Waals surface area (Å²) in [5.41, 5.74) is 0. The molecule has 0 radical (unpaired) electrons. The van der Waals surface area contributed by atoms with Crippen molar-refractivity contribution < 1.29 is 49.0 Å². The molecule has 0 aromatic carbocycles. The molecule has 0 aromatic heterocycles. The van der Waals surface area contributed by atoms with Crippen molar-refractivity contribution in [3.05, 3.63) is 12.4 Å². The van der Waals surface area contributed by atoms with Gasteiger partial charge >= 0.3 is 24.2 Å². The lowest BCUT2D eigenvalue weighted by Gasteiger charge is -2.28. The number of hydrogen-bond acceptors (Lipinski definition) is 2. The smallest absolute Gasteiger partial charge is 0.391 e. The SMILES string of the molecule is C=C(F)C(=O)OC(F)(F)C(F)(F)C(F)CC(F)(F)F. The van der Waals surface area contributed by atoms with Gasteiger partial charge in [0.05, 0.1) is 6.42 Å². The number of hydrogen-bond donors (Lipinski definition) is 0. The lowest BCUT2D eigenvalue weighted by atomic mass is 10.1. The first-order valence-corrected chi connectivity index (χ1v) is 4.25. The molecule has 0 saturated heterocycles. The first kappa shape index (κ1) is 17.6. The summed E-state index contributed by atoms with van der Waals surface area (Å²) in [5, 5.41) is 0. The number of carbonyl (C=O) groups is 1. The van der Waals surface area contributed by atoms with E-state index in [9.17, 15) is 44.3 Å². The Morgan fingerprint density at radius 3 is 1.84 bits per heavy atom. The number of esters is 1. The second kappa shape index (κ2) is 5.29. The van der Waals surface area contributed by atoms with E-state index in [1.807, 2.05) is 0 Å². The molecule has 0 spiro atoms. The maximum absolute atomic E-state index is 12.7. The molecule has 0 fully saturated rings. The van der Waals surface area contributed by atoms with Crippen molar-refractivity contribution >= 4 is 5.97 Å². The molecule has 0 aliphatic heterocycles. The highest BCUT2D eigenvalue weighted by molar-refractivity contribution is 5.85. The predicted octanol–water partition coefficient (Wildman–Crippen LogP) is 3.53. The molecule has 0 aliphatic rings. The molecule has 1 unspecified atom stereocenters. The Hall–Kier alpha value is -1.42. The van der Waals surface area contributed by atoms with Crippen LogP contribution in [0.15, 0.2) is 12.4 Å². The van der Waals surface area contributed by atoms with E-state index in [1.54, 1.807) is 0 Å². The van der Waals surface area contributed by atoms with Gasteiger partial charge in [-0.15, -0.1) is 0 Å². The van der Waals surface area contributed by atoms with Gasteiger partial charge in [-0.3, -0.25) is 0 Å². The summed E-state index contributed by atoms with van der Waals surface area (Å²) in [4.78, 5) is 10.3.